The largest absolute Gasteiger partial charge is 0.374 e. The third-order valence-corrected chi connectivity index (χ3v) is 6.59. The van der Waals surface area contributed by atoms with Gasteiger partial charge in [-0.1, -0.05) is 0 Å². The summed E-state index contributed by atoms with van der Waals surface area (Å²) in [5.41, 5.74) is 7.72. The number of nitrogens with zero attached hydrogens (tertiary/aromatic N) is 3. The standard InChI is InChI=1S/C27H30N6O2/c1-14(2)33-13-16(4)24-21(26(34)29-12-22-15(3)6-17(5)31-27(22)35)8-18(9-23(24)33)19-7-20-11-30-32-25(20)28-10-19/h6-11,13-14,26,29,34H,12H2,1-5H3,(H,31,35)(H,28,30,32). The van der Waals surface area contributed by atoms with E-state index in [1.54, 1.807) is 6.20 Å². The molecule has 0 spiro atoms. The first-order valence-corrected chi connectivity index (χ1v) is 11.8. The first-order valence-electron chi connectivity index (χ1n) is 11.8. The molecular weight excluding hydrogens is 440 g/mol. The fourth-order valence-corrected chi connectivity index (χ4v) is 4.84. The van der Waals surface area contributed by atoms with Crippen LogP contribution < -0.4 is 10.9 Å². The summed E-state index contributed by atoms with van der Waals surface area (Å²) in [6.45, 7) is 10.4. The van der Waals surface area contributed by atoms with Crippen molar-refractivity contribution in [2.24, 2.45) is 0 Å². The lowest BCUT2D eigenvalue weighted by Gasteiger charge is -2.18. The molecule has 5 aromatic rings. The number of aliphatic hydroxyl groups excluding tert-OH is 1. The predicted octanol–water partition coefficient (Wildman–Crippen LogP) is 4.55. The van der Waals surface area contributed by atoms with Gasteiger partial charge in [-0.15, -0.1) is 0 Å². The van der Waals surface area contributed by atoms with Crippen LogP contribution in [-0.4, -0.2) is 29.8 Å². The summed E-state index contributed by atoms with van der Waals surface area (Å²) in [5.74, 6) is 0. The van der Waals surface area contributed by atoms with Crippen molar-refractivity contribution >= 4 is 21.9 Å². The third-order valence-electron chi connectivity index (χ3n) is 6.59. The number of benzene rings is 1. The highest BCUT2D eigenvalue weighted by Crippen LogP contribution is 2.35. The molecule has 0 aliphatic heterocycles. The van der Waals surface area contributed by atoms with Crippen molar-refractivity contribution in [3.63, 3.8) is 0 Å². The van der Waals surface area contributed by atoms with Crippen LogP contribution in [0, 0.1) is 20.8 Å². The highest BCUT2D eigenvalue weighted by Gasteiger charge is 2.20. The Hall–Kier alpha value is -3.75. The molecule has 4 N–H and O–H groups in total. The minimum atomic E-state index is -0.968. The minimum absolute atomic E-state index is 0.136. The summed E-state index contributed by atoms with van der Waals surface area (Å²) in [4.78, 5) is 19.8. The molecule has 0 fully saturated rings. The number of nitrogens with one attached hydrogen (secondary N) is 3. The molecule has 0 saturated heterocycles. The molecule has 0 aliphatic rings. The molecule has 0 aliphatic carbocycles. The molecule has 5 rings (SSSR count). The van der Waals surface area contributed by atoms with Crippen molar-refractivity contribution in [2.45, 2.75) is 53.4 Å². The quantitative estimate of drug-likeness (QED) is 0.272. The van der Waals surface area contributed by atoms with E-state index in [1.807, 2.05) is 38.2 Å². The van der Waals surface area contributed by atoms with E-state index >= 15 is 0 Å². The number of aliphatic hydroxyl groups is 1. The number of hydrogen-bond donors (Lipinski definition) is 4. The van der Waals surface area contributed by atoms with Crippen LogP contribution in [0.1, 0.15) is 54.1 Å². The van der Waals surface area contributed by atoms with Gasteiger partial charge in [-0.25, -0.2) is 4.98 Å². The Kier molecular flexibility index (Phi) is 5.78. The Balaban J connectivity index is 1.61. The Bertz CT molecular complexity index is 1610. The highest BCUT2D eigenvalue weighted by atomic mass is 16.3. The van der Waals surface area contributed by atoms with E-state index in [2.05, 4.69) is 63.1 Å². The monoisotopic (exact) mass is 470 g/mol. The predicted molar refractivity (Wildman–Crippen MR) is 138 cm³/mol. The summed E-state index contributed by atoms with van der Waals surface area (Å²) < 4.78 is 2.23. The van der Waals surface area contributed by atoms with Gasteiger partial charge in [0.05, 0.1) is 6.20 Å². The zero-order valence-electron chi connectivity index (χ0n) is 20.6. The van der Waals surface area contributed by atoms with Gasteiger partial charge in [0, 0.05) is 63.7 Å². The van der Waals surface area contributed by atoms with Crippen LogP contribution in [0.25, 0.3) is 33.1 Å². The molecule has 4 aromatic heterocycles. The van der Waals surface area contributed by atoms with Gasteiger partial charge < -0.3 is 14.7 Å². The van der Waals surface area contributed by atoms with Crippen LogP contribution in [0.4, 0.5) is 0 Å². The second-order valence-electron chi connectivity index (χ2n) is 9.53. The number of aryl methyl sites for hydroxylation is 3. The van der Waals surface area contributed by atoms with E-state index < -0.39 is 6.23 Å². The van der Waals surface area contributed by atoms with Gasteiger partial charge in [-0.05, 0) is 75.6 Å². The molecule has 0 bridgehead atoms. The average Bonchev–Trinajstić information content (AvgIpc) is 3.41. The smallest absolute Gasteiger partial charge is 0.252 e. The molecule has 0 saturated carbocycles. The molecule has 8 nitrogen and oxygen atoms in total. The number of pyridine rings is 2. The molecule has 35 heavy (non-hydrogen) atoms. The van der Waals surface area contributed by atoms with Gasteiger partial charge in [-0.2, -0.15) is 5.10 Å². The lowest BCUT2D eigenvalue weighted by molar-refractivity contribution is 0.138. The van der Waals surface area contributed by atoms with Crippen molar-refractivity contribution in [3.8, 4) is 11.1 Å². The topological polar surface area (TPSA) is 112 Å². The molecular formula is C27H30N6O2. The van der Waals surface area contributed by atoms with Gasteiger partial charge in [0.2, 0.25) is 0 Å². The summed E-state index contributed by atoms with van der Waals surface area (Å²) in [5, 5.41) is 23.4. The number of H-pyrrole nitrogens is 2. The lowest BCUT2D eigenvalue weighted by Crippen LogP contribution is -2.26. The van der Waals surface area contributed by atoms with Crippen LogP contribution in [-0.2, 0) is 6.54 Å². The first-order chi connectivity index (χ1) is 16.7. The Morgan fingerprint density at radius 1 is 1.06 bits per heavy atom. The Morgan fingerprint density at radius 2 is 1.86 bits per heavy atom. The first kappa shape index (κ1) is 23.0. The van der Waals surface area contributed by atoms with E-state index in [-0.39, 0.29) is 18.1 Å². The van der Waals surface area contributed by atoms with Crippen molar-refractivity contribution in [3.05, 3.63) is 81.2 Å². The number of aromatic amines is 2. The maximum Gasteiger partial charge on any atom is 0.252 e. The average molecular weight is 471 g/mol. The molecule has 0 amide bonds. The van der Waals surface area contributed by atoms with E-state index in [1.165, 1.54) is 0 Å². The van der Waals surface area contributed by atoms with Crippen LogP contribution >= 0.6 is 0 Å². The molecule has 1 aromatic carbocycles. The van der Waals surface area contributed by atoms with Crippen LogP contribution in [0.2, 0.25) is 0 Å². The lowest BCUT2D eigenvalue weighted by atomic mass is 9.98. The summed E-state index contributed by atoms with van der Waals surface area (Å²) in [6, 6.07) is 8.39. The summed E-state index contributed by atoms with van der Waals surface area (Å²) >= 11 is 0. The highest BCUT2D eigenvalue weighted by molar-refractivity contribution is 5.92. The SMILES string of the molecule is Cc1cc(C)c(CNC(O)c2cc(-c3cnc4[nH]ncc4c3)cc3c2c(C)cn3C(C)C)c(=O)[nH]1. The second kappa shape index (κ2) is 8.79. The molecule has 180 valence electrons. The van der Waals surface area contributed by atoms with E-state index in [0.29, 0.717) is 5.56 Å². The van der Waals surface area contributed by atoms with Gasteiger partial charge >= 0.3 is 0 Å². The maximum atomic E-state index is 12.5. The normalized spacial score (nSPS) is 12.8. The number of aromatic nitrogens is 5. The molecule has 4 heterocycles. The van der Waals surface area contributed by atoms with Crippen molar-refractivity contribution in [1.29, 1.82) is 0 Å². The van der Waals surface area contributed by atoms with E-state index in [4.69, 9.17) is 0 Å². The molecule has 0 radical (unpaired) electrons. The summed E-state index contributed by atoms with van der Waals surface area (Å²) in [6.07, 6.45) is 4.73. The van der Waals surface area contributed by atoms with Crippen molar-refractivity contribution < 1.29 is 5.11 Å². The minimum Gasteiger partial charge on any atom is -0.374 e. The fourth-order valence-electron chi connectivity index (χ4n) is 4.84. The maximum absolute atomic E-state index is 12.5. The van der Waals surface area contributed by atoms with E-state index in [0.717, 1.165) is 55.4 Å². The van der Waals surface area contributed by atoms with Crippen molar-refractivity contribution in [1.82, 2.24) is 30.0 Å². The molecule has 1 atom stereocenters. The summed E-state index contributed by atoms with van der Waals surface area (Å²) in [7, 11) is 0. The van der Waals surface area contributed by atoms with Crippen molar-refractivity contribution in [2.75, 3.05) is 0 Å². The Labute approximate surface area is 203 Å². The van der Waals surface area contributed by atoms with Gasteiger partial charge in [0.15, 0.2) is 5.65 Å². The zero-order chi connectivity index (χ0) is 24.9. The van der Waals surface area contributed by atoms with Crippen LogP contribution in [0.3, 0.4) is 0 Å². The van der Waals surface area contributed by atoms with Gasteiger partial charge in [0.1, 0.15) is 6.23 Å². The Morgan fingerprint density at radius 3 is 2.60 bits per heavy atom. The zero-order valence-corrected chi connectivity index (χ0v) is 20.6. The number of hydrogen-bond acceptors (Lipinski definition) is 5. The van der Waals surface area contributed by atoms with Gasteiger partial charge in [-0.3, -0.25) is 15.2 Å². The van der Waals surface area contributed by atoms with Gasteiger partial charge in [0.25, 0.3) is 5.56 Å². The number of fused-ring (bicyclic) bond motifs is 2. The second-order valence-corrected chi connectivity index (χ2v) is 9.53. The van der Waals surface area contributed by atoms with Crippen LogP contribution in [0.5, 0.6) is 0 Å². The molecule has 8 heteroatoms. The van der Waals surface area contributed by atoms with E-state index in [9.17, 15) is 9.90 Å². The number of rotatable bonds is 6. The third kappa shape index (κ3) is 4.15. The fraction of sp³-hybridized carbons (Fsp3) is 0.296. The molecule has 1 unspecified atom stereocenters. The van der Waals surface area contributed by atoms with Crippen LogP contribution in [0.15, 0.2) is 47.7 Å².